The molecule has 112 valence electrons. The zero-order valence-electron chi connectivity index (χ0n) is 10.3. The average molecular weight is 386 g/mol. The van der Waals surface area contributed by atoms with Crippen LogP contribution in [0.2, 0.25) is 5.02 Å². The van der Waals surface area contributed by atoms with Crippen molar-refractivity contribution in [1.29, 1.82) is 0 Å². The summed E-state index contributed by atoms with van der Waals surface area (Å²) in [6.45, 7) is -0.348. The molecule has 1 aromatic carbocycles. The Labute approximate surface area is 144 Å². The number of aromatic nitrogens is 1. The summed E-state index contributed by atoms with van der Waals surface area (Å²) in [6, 6.07) is 7.20. The fraction of sp³-hybridized carbons (Fsp3) is 0.167. The van der Waals surface area contributed by atoms with Crippen molar-refractivity contribution < 1.29 is 9.53 Å². The maximum atomic E-state index is 11.5. The van der Waals surface area contributed by atoms with Crippen LogP contribution in [0.25, 0.3) is 11.3 Å². The van der Waals surface area contributed by atoms with Gasteiger partial charge in [0, 0.05) is 16.0 Å². The van der Waals surface area contributed by atoms with E-state index in [-0.39, 0.29) is 6.61 Å². The second-order valence-electron chi connectivity index (χ2n) is 3.86. The third-order valence-electron chi connectivity index (χ3n) is 2.22. The Kier molecular flexibility index (Phi) is 5.57. The Hall–Kier alpha value is -0.720. The van der Waals surface area contributed by atoms with Gasteiger partial charge in [-0.15, -0.1) is 11.3 Å². The van der Waals surface area contributed by atoms with Crippen LogP contribution in [-0.4, -0.2) is 21.5 Å². The smallest absolute Gasteiger partial charge is 0.413 e. The third-order valence-corrected chi connectivity index (χ3v) is 3.56. The fourth-order valence-electron chi connectivity index (χ4n) is 1.36. The molecule has 0 atom stereocenters. The SMILES string of the molecule is O=C(Nc1nc(-c2ccc(Cl)cc2)cs1)OCC(Cl)(Cl)Cl. The van der Waals surface area contributed by atoms with Crippen LogP contribution in [-0.2, 0) is 4.74 Å². The number of anilines is 1. The number of carbonyl (C=O) groups is 1. The molecule has 0 spiro atoms. The van der Waals surface area contributed by atoms with Crippen LogP contribution < -0.4 is 5.32 Å². The van der Waals surface area contributed by atoms with E-state index in [1.54, 1.807) is 17.5 Å². The molecular formula is C12H8Cl4N2O2S. The van der Waals surface area contributed by atoms with Gasteiger partial charge >= 0.3 is 6.09 Å². The molecule has 0 saturated heterocycles. The highest BCUT2D eigenvalue weighted by Crippen LogP contribution is 2.27. The van der Waals surface area contributed by atoms with Gasteiger partial charge in [0.25, 0.3) is 0 Å². The van der Waals surface area contributed by atoms with E-state index >= 15 is 0 Å². The topological polar surface area (TPSA) is 51.2 Å². The number of hydrogen-bond donors (Lipinski definition) is 1. The Morgan fingerprint density at radius 1 is 1.29 bits per heavy atom. The van der Waals surface area contributed by atoms with Gasteiger partial charge in [0.15, 0.2) is 5.13 Å². The first-order valence-corrected chi connectivity index (χ1v) is 7.94. The molecule has 1 heterocycles. The molecule has 0 saturated carbocycles. The van der Waals surface area contributed by atoms with Gasteiger partial charge in [0.2, 0.25) is 3.79 Å². The minimum absolute atomic E-state index is 0.348. The molecule has 0 aliphatic carbocycles. The number of thiazole rings is 1. The summed E-state index contributed by atoms with van der Waals surface area (Å²) in [6.07, 6.45) is -0.738. The molecule has 0 fully saturated rings. The molecule has 2 rings (SSSR count). The summed E-state index contributed by atoms with van der Waals surface area (Å²) in [5, 5.41) is 5.28. The maximum Gasteiger partial charge on any atom is 0.413 e. The second-order valence-corrected chi connectivity index (χ2v) is 7.67. The van der Waals surface area contributed by atoms with Gasteiger partial charge in [-0.05, 0) is 12.1 Å². The van der Waals surface area contributed by atoms with E-state index in [4.69, 9.17) is 51.1 Å². The monoisotopic (exact) mass is 384 g/mol. The van der Waals surface area contributed by atoms with Crippen molar-refractivity contribution in [2.45, 2.75) is 3.79 Å². The molecule has 0 aliphatic rings. The van der Waals surface area contributed by atoms with Crippen molar-refractivity contribution in [3.63, 3.8) is 0 Å². The summed E-state index contributed by atoms with van der Waals surface area (Å²) in [4.78, 5) is 15.7. The zero-order valence-corrected chi connectivity index (χ0v) is 14.1. The molecule has 1 amide bonds. The Bertz CT molecular complexity index is 625. The Morgan fingerprint density at radius 3 is 2.57 bits per heavy atom. The van der Waals surface area contributed by atoms with E-state index in [1.807, 2.05) is 12.1 Å². The lowest BCUT2D eigenvalue weighted by molar-refractivity contribution is 0.164. The average Bonchev–Trinajstić information content (AvgIpc) is 2.85. The molecule has 1 N–H and O–H groups in total. The van der Waals surface area contributed by atoms with E-state index in [0.717, 1.165) is 5.56 Å². The second kappa shape index (κ2) is 7.03. The first kappa shape index (κ1) is 16.6. The van der Waals surface area contributed by atoms with Crippen LogP contribution in [0, 0.1) is 0 Å². The number of halogens is 4. The Balaban J connectivity index is 1.97. The number of nitrogens with zero attached hydrogens (tertiary/aromatic N) is 1. The van der Waals surface area contributed by atoms with E-state index in [0.29, 0.717) is 15.8 Å². The molecule has 1 aromatic heterocycles. The van der Waals surface area contributed by atoms with Gasteiger partial charge in [0.1, 0.15) is 6.61 Å². The summed E-state index contributed by atoms with van der Waals surface area (Å²) in [5.41, 5.74) is 1.60. The van der Waals surface area contributed by atoms with Crippen LogP contribution in [0.15, 0.2) is 29.6 Å². The first-order valence-electron chi connectivity index (χ1n) is 5.55. The number of benzene rings is 1. The minimum atomic E-state index is -1.64. The summed E-state index contributed by atoms with van der Waals surface area (Å²) < 4.78 is 3.10. The molecule has 9 heteroatoms. The molecular weight excluding hydrogens is 378 g/mol. The predicted octanol–water partition coefficient (Wildman–Crippen LogP) is 5.38. The molecule has 4 nitrogen and oxygen atoms in total. The number of hydrogen-bond acceptors (Lipinski definition) is 4. The fourth-order valence-corrected chi connectivity index (χ4v) is 2.35. The lowest BCUT2D eigenvalue weighted by Crippen LogP contribution is -2.21. The largest absolute Gasteiger partial charge is 0.445 e. The van der Waals surface area contributed by atoms with Gasteiger partial charge < -0.3 is 4.74 Å². The standard InChI is InChI=1S/C12H8Cl4N2O2S/c13-8-3-1-7(2-4-8)9-5-21-10(17-9)18-11(19)20-6-12(14,15)16/h1-5H,6H2,(H,17,18,19). The lowest BCUT2D eigenvalue weighted by atomic mass is 10.2. The number of ether oxygens (including phenoxy) is 1. The predicted molar refractivity (Wildman–Crippen MR) is 87.8 cm³/mol. The van der Waals surface area contributed by atoms with Gasteiger partial charge in [-0.2, -0.15) is 0 Å². The molecule has 0 bridgehead atoms. The van der Waals surface area contributed by atoms with E-state index < -0.39 is 9.89 Å². The molecule has 2 aromatic rings. The molecule has 0 unspecified atom stereocenters. The highest BCUT2D eigenvalue weighted by molar-refractivity contribution is 7.14. The molecule has 0 radical (unpaired) electrons. The van der Waals surface area contributed by atoms with Crippen molar-refractivity contribution in [1.82, 2.24) is 4.98 Å². The number of nitrogens with one attached hydrogen (secondary N) is 1. The van der Waals surface area contributed by atoms with E-state index in [2.05, 4.69) is 10.3 Å². The van der Waals surface area contributed by atoms with E-state index in [9.17, 15) is 4.79 Å². The maximum absolute atomic E-state index is 11.5. The van der Waals surface area contributed by atoms with Crippen molar-refractivity contribution >= 4 is 69.0 Å². The summed E-state index contributed by atoms with van der Waals surface area (Å²) in [7, 11) is 0. The third kappa shape index (κ3) is 5.52. The van der Waals surface area contributed by atoms with Crippen molar-refractivity contribution in [3.05, 3.63) is 34.7 Å². The van der Waals surface area contributed by atoms with E-state index in [1.165, 1.54) is 11.3 Å². The van der Waals surface area contributed by atoms with Crippen molar-refractivity contribution in [2.24, 2.45) is 0 Å². The van der Waals surface area contributed by atoms with Crippen LogP contribution in [0.1, 0.15) is 0 Å². The number of amides is 1. The number of alkyl halides is 3. The summed E-state index contributed by atoms with van der Waals surface area (Å²) >= 11 is 23.5. The highest BCUT2D eigenvalue weighted by atomic mass is 35.6. The quantitative estimate of drug-likeness (QED) is 0.721. The molecule has 0 aliphatic heterocycles. The van der Waals surface area contributed by atoms with Gasteiger partial charge in [-0.1, -0.05) is 58.5 Å². The van der Waals surface area contributed by atoms with Crippen LogP contribution in [0.4, 0.5) is 9.93 Å². The summed E-state index contributed by atoms with van der Waals surface area (Å²) in [5.74, 6) is 0. The zero-order chi connectivity index (χ0) is 15.5. The first-order chi connectivity index (χ1) is 9.83. The molecule has 21 heavy (non-hydrogen) atoms. The lowest BCUT2D eigenvalue weighted by Gasteiger charge is -2.10. The van der Waals surface area contributed by atoms with Crippen LogP contribution in [0.3, 0.4) is 0 Å². The van der Waals surface area contributed by atoms with Crippen LogP contribution in [0.5, 0.6) is 0 Å². The Morgan fingerprint density at radius 2 is 1.95 bits per heavy atom. The normalized spacial score (nSPS) is 11.2. The van der Waals surface area contributed by atoms with Gasteiger partial charge in [-0.25, -0.2) is 9.78 Å². The minimum Gasteiger partial charge on any atom is -0.445 e. The van der Waals surface area contributed by atoms with Crippen molar-refractivity contribution in [3.8, 4) is 11.3 Å². The number of rotatable bonds is 3. The number of carbonyl (C=O) groups excluding carboxylic acids is 1. The highest BCUT2D eigenvalue weighted by Gasteiger charge is 2.22. The van der Waals surface area contributed by atoms with Gasteiger partial charge in [-0.3, -0.25) is 5.32 Å². The van der Waals surface area contributed by atoms with Crippen molar-refractivity contribution in [2.75, 3.05) is 11.9 Å². The van der Waals surface area contributed by atoms with Gasteiger partial charge in [0.05, 0.1) is 5.69 Å². The van der Waals surface area contributed by atoms with Crippen LogP contribution >= 0.6 is 57.7 Å².